The molecule has 21 heavy (non-hydrogen) atoms. The largest absolute Gasteiger partial charge is 0.384 e. The monoisotopic (exact) mass is 304 g/mol. The average Bonchev–Trinajstić information content (AvgIpc) is 2.49. The van der Waals surface area contributed by atoms with Crippen LogP contribution in [0.25, 0.3) is 0 Å². The van der Waals surface area contributed by atoms with Crippen molar-refractivity contribution in [2.24, 2.45) is 0 Å². The number of rotatable bonds is 2. The van der Waals surface area contributed by atoms with Gasteiger partial charge in [-0.05, 0) is 30.3 Å². The number of amides is 1. The van der Waals surface area contributed by atoms with E-state index in [4.69, 9.17) is 16.7 Å². The highest BCUT2D eigenvalue weighted by Crippen LogP contribution is 2.20. The maximum absolute atomic E-state index is 13.6. The third kappa shape index (κ3) is 3.78. The van der Waals surface area contributed by atoms with Gasteiger partial charge in [0, 0.05) is 11.2 Å². The Bertz CT molecular complexity index is 738. The highest BCUT2D eigenvalue weighted by Gasteiger charge is 2.14. The van der Waals surface area contributed by atoms with E-state index < -0.39 is 11.7 Å². The van der Waals surface area contributed by atoms with Crippen LogP contribution in [0.2, 0.25) is 5.02 Å². The van der Waals surface area contributed by atoms with Crippen molar-refractivity contribution < 1.29 is 14.3 Å². The van der Waals surface area contributed by atoms with Gasteiger partial charge in [0.2, 0.25) is 0 Å². The molecular weight excluding hydrogens is 295 g/mol. The topological polar surface area (TPSA) is 62.2 Å². The van der Waals surface area contributed by atoms with Crippen molar-refractivity contribution in [1.82, 2.24) is 4.98 Å². The number of aliphatic hydroxyl groups excluding tert-OH is 1. The molecule has 0 saturated heterocycles. The van der Waals surface area contributed by atoms with Gasteiger partial charge in [-0.2, -0.15) is 0 Å². The zero-order valence-corrected chi connectivity index (χ0v) is 11.5. The molecule has 6 heteroatoms. The number of aromatic nitrogens is 1. The second-order valence-electron chi connectivity index (χ2n) is 3.94. The van der Waals surface area contributed by atoms with Gasteiger partial charge >= 0.3 is 0 Å². The van der Waals surface area contributed by atoms with Crippen LogP contribution in [0.4, 0.5) is 10.1 Å². The van der Waals surface area contributed by atoms with E-state index in [2.05, 4.69) is 22.1 Å². The first-order chi connectivity index (χ1) is 10.1. The van der Waals surface area contributed by atoms with E-state index in [1.165, 1.54) is 18.3 Å². The number of hydrogen-bond acceptors (Lipinski definition) is 3. The molecule has 1 aromatic carbocycles. The molecule has 0 bridgehead atoms. The lowest BCUT2D eigenvalue weighted by Crippen LogP contribution is -2.16. The average molecular weight is 305 g/mol. The minimum Gasteiger partial charge on any atom is -0.384 e. The van der Waals surface area contributed by atoms with Crippen LogP contribution < -0.4 is 5.32 Å². The number of hydrogen-bond donors (Lipinski definition) is 2. The number of anilines is 1. The standard InChI is InChI=1S/C15H10ClFN2O2/c16-11-5-6-12(17)13(9-11)19-15(21)14-10(4-2-8-20)3-1-7-18-14/h1,3,5-7,9,20H,8H2,(H,19,21). The lowest BCUT2D eigenvalue weighted by Gasteiger charge is -2.07. The molecule has 2 rings (SSSR count). The number of halogens is 2. The molecule has 0 fully saturated rings. The maximum atomic E-state index is 13.6. The fraction of sp³-hybridized carbons (Fsp3) is 0.0667. The summed E-state index contributed by atoms with van der Waals surface area (Å²) in [5, 5.41) is 11.4. The van der Waals surface area contributed by atoms with Crippen LogP contribution in [-0.4, -0.2) is 22.6 Å². The first kappa shape index (κ1) is 15.0. The Morgan fingerprint density at radius 3 is 3.00 bits per heavy atom. The minimum absolute atomic E-state index is 0.0397. The number of carbonyl (C=O) groups excluding carboxylic acids is 1. The van der Waals surface area contributed by atoms with Crippen molar-refractivity contribution in [2.45, 2.75) is 0 Å². The van der Waals surface area contributed by atoms with Crippen LogP contribution in [0.5, 0.6) is 0 Å². The van der Waals surface area contributed by atoms with E-state index in [1.54, 1.807) is 12.1 Å². The minimum atomic E-state index is -0.612. The predicted molar refractivity (Wildman–Crippen MR) is 77.6 cm³/mol. The van der Waals surface area contributed by atoms with Crippen molar-refractivity contribution in [2.75, 3.05) is 11.9 Å². The SMILES string of the molecule is O=C(Nc1cc(Cl)ccc1F)c1ncccc1C#CCO. The number of pyridine rings is 1. The summed E-state index contributed by atoms with van der Waals surface area (Å²) in [4.78, 5) is 16.1. The van der Waals surface area contributed by atoms with Gasteiger partial charge in [0.25, 0.3) is 5.91 Å². The van der Waals surface area contributed by atoms with Crippen LogP contribution in [-0.2, 0) is 0 Å². The van der Waals surface area contributed by atoms with Gasteiger partial charge in [-0.1, -0.05) is 23.4 Å². The van der Waals surface area contributed by atoms with Gasteiger partial charge in [-0.3, -0.25) is 4.79 Å². The summed E-state index contributed by atoms with van der Waals surface area (Å²) in [5.41, 5.74) is 0.337. The predicted octanol–water partition coefficient (Wildman–Crippen LogP) is 2.47. The summed E-state index contributed by atoms with van der Waals surface area (Å²) in [6, 6.07) is 7.03. The zero-order valence-electron chi connectivity index (χ0n) is 10.7. The molecular formula is C15H10ClFN2O2. The van der Waals surface area contributed by atoms with Crippen molar-refractivity contribution in [3.8, 4) is 11.8 Å². The Balaban J connectivity index is 2.31. The fourth-order valence-corrected chi connectivity index (χ4v) is 1.77. The van der Waals surface area contributed by atoms with E-state index in [0.717, 1.165) is 6.07 Å². The number of aliphatic hydroxyl groups is 1. The molecule has 2 aromatic rings. The molecule has 0 spiro atoms. The quantitative estimate of drug-likeness (QED) is 0.838. The normalized spacial score (nSPS) is 9.67. The van der Waals surface area contributed by atoms with E-state index in [1.807, 2.05) is 0 Å². The van der Waals surface area contributed by atoms with Crippen LogP contribution in [0.1, 0.15) is 16.1 Å². The Kier molecular flexibility index (Phi) is 4.88. The van der Waals surface area contributed by atoms with Crippen LogP contribution >= 0.6 is 11.6 Å². The second kappa shape index (κ2) is 6.84. The van der Waals surface area contributed by atoms with Crippen LogP contribution in [0.15, 0.2) is 36.5 Å². The van der Waals surface area contributed by atoms with E-state index in [9.17, 15) is 9.18 Å². The van der Waals surface area contributed by atoms with Crippen molar-refractivity contribution in [3.05, 3.63) is 58.6 Å². The Morgan fingerprint density at radius 2 is 2.24 bits per heavy atom. The molecule has 1 heterocycles. The van der Waals surface area contributed by atoms with Crippen LogP contribution in [0, 0.1) is 17.7 Å². The lowest BCUT2D eigenvalue weighted by molar-refractivity contribution is 0.102. The number of nitrogens with one attached hydrogen (secondary N) is 1. The maximum Gasteiger partial charge on any atom is 0.275 e. The number of nitrogens with zero attached hydrogens (tertiary/aromatic N) is 1. The van der Waals surface area contributed by atoms with Gasteiger partial charge in [0.15, 0.2) is 0 Å². The highest BCUT2D eigenvalue weighted by molar-refractivity contribution is 6.31. The summed E-state index contributed by atoms with van der Waals surface area (Å²) in [7, 11) is 0. The third-order valence-corrected chi connectivity index (χ3v) is 2.74. The summed E-state index contributed by atoms with van der Waals surface area (Å²) < 4.78 is 13.6. The Hall–Kier alpha value is -2.42. The smallest absolute Gasteiger partial charge is 0.275 e. The molecule has 0 unspecified atom stereocenters. The molecule has 106 valence electrons. The molecule has 4 nitrogen and oxygen atoms in total. The van der Waals surface area contributed by atoms with Gasteiger partial charge in [-0.25, -0.2) is 9.37 Å². The third-order valence-electron chi connectivity index (χ3n) is 2.50. The lowest BCUT2D eigenvalue weighted by atomic mass is 10.2. The molecule has 1 amide bonds. The Labute approximate surface area is 125 Å². The molecule has 0 atom stereocenters. The van der Waals surface area contributed by atoms with Gasteiger partial charge in [-0.15, -0.1) is 0 Å². The first-order valence-electron chi connectivity index (χ1n) is 5.93. The van der Waals surface area contributed by atoms with Crippen molar-refractivity contribution in [1.29, 1.82) is 0 Å². The summed E-state index contributed by atoms with van der Waals surface area (Å²) in [5.74, 6) is 3.83. The molecule has 0 radical (unpaired) electrons. The van der Waals surface area contributed by atoms with Crippen molar-refractivity contribution >= 4 is 23.2 Å². The van der Waals surface area contributed by atoms with E-state index in [0.29, 0.717) is 10.6 Å². The second-order valence-corrected chi connectivity index (χ2v) is 4.37. The molecule has 0 aliphatic rings. The van der Waals surface area contributed by atoms with Gasteiger partial charge in [0.1, 0.15) is 18.1 Å². The van der Waals surface area contributed by atoms with Crippen LogP contribution in [0.3, 0.4) is 0 Å². The molecule has 0 aliphatic heterocycles. The van der Waals surface area contributed by atoms with E-state index in [-0.39, 0.29) is 18.0 Å². The van der Waals surface area contributed by atoms with Gasteiger partial charge < -0.3 is 10.4 Å². The fourth-order valence-electron chi connectivity index (χ4n) is 1.60. The van der Waals surface area contributed by atoms with Crippen molar-refractivity contribution in [3.63, 3.8) is 0 Å². The molecule has 1 aromatic heterocycles. The highest BCUT2D eigenvalue weighted by atomic mass is 35.5. The zero-order chi connectivity index (χ0) is 15.2. The van der Waals surface area contributed by atoms with Gasteiger partial charge in [0.05, 0.1) is 11.3 Å². The number of benzene rings is 1. The van der Waals surface area contributed by atoms with E-state index >= 15 is 0 Å². The summed E-state index contributed by atoms with van der Waals surface area (Å²) in [6.07, 6.45) is 1.42. The summed E-state index contributed by atoms with van der Waals surface area (Å²) in [6.45, 7) is -0.334. The Morgan fingerprint density at radius 1 is 1.43 bits per heavy atom. The molecule has 0 aliphatic carbocycles. The summed E-state index contributed by atoms with van der Waals surface area (Å²) >= 11 is 5.76. The molecule has 2 N–H and O–H groups in total. The first-order valence-corrected chi connectivity index (χ1v) is 6.31. The number of carbonyl (C=O) groups is 1. The molecule has 0 saturated carbocycles.